The fourth-order valence-corrected chi connectivity index (χ4v) is 5.66. The Morgan fingerprint density at radius 1 is 1.09 bits per heavy atom. The van der Waals surface area contributed by atoms with Crippen molar-refractivity contribution in [3.8, 4) is 5.75 Å². The molecule has 0 radical (unpaired) electrons. The van der Waals surface area contributed by atoms with E-state index in [0.29, 0.717) is 11.7 Å². The van der Waals surface area contributed by atoms with Gasteiger partial charge in [0, 0.05) is 38.4 Å². The van der Waals surface area contributed by atoms with Crippen LogP contribution < -0.4 is 10.1 Å². The normalized spacial score (nSPS) is 15.3. The zero-order chi connectivity index (χ0) is 23.0. The monoisotopic (exact) mass is 483 g/mol. The van der Waals surface area contributed by atoms with E-state index in [4.69, 9.17) is 4.74 Å². The summed E-state index contributed by atoms with van der Waals surface area (Å²) in [6.45, 7) is 8.80. The number of carbonyl (C=O) groups excluding carboxylic acids is 1. The molecule has 1 aromatic heterocycles. The van der Waals surface area contributed by atoms with Gasteiger partial charge in [-0.3, -0.25) is 9.69 Å². The van der Waals surface area contributed by atoms with Crippen LogP contribution in [0.25, 0.3) is 0 Å². The van der Waals surface area contributed by atoms with Crippen molar-refractivity contribution in [3.05, 3.63) is 60.2 Å². The van der Waals surface area contributed by atoms with E-state index in [0.717, 1.165) is 48.5 Å². The lowest BCUT2D eigenvalue weighted by atomic mass is 10.2. The van der Waals surface area contributed by atoms with Gasteiger partial charge in [0.15, 0.2) is 4.34 Å². The van der Waals surface area contributed by atoms with Crippen LogP contribution in [0.15, 0.2) is 58.9 Å². The van der Waals surface area contributed by atoms with Gasteiger partial charge in [-0.15, -0.1) is 10.2 Å². The lowest BCUT2D eigenvalue weighted by Gasteiger charge is -2.35. The zero-order valence-corrected chi connectivity index (χ0v) is 20.6. The van der Waals surface area contributed by atoms with Crippen molar-refractivity contribution < 1.29 is 9.53 Å². The average molecular weight is 484 g/mol. The molecule has 1 N–H and O–H groups in total. The minimum atomic E-state index is -0.197. The lowest BCUT2D eigenvalue weighted by Crippen LogP contribution is -2.50. The van der Waals surface area contributed by atoms with Crippen LogP contribution in [-0.4, -0.2) is 63.9 Å². The highest BCUT2D eigenvalue weighted by molar-refractivity contribution is 8.02. The Hall–Kier alpha value is -2.62. The summed E-state index contributed by atoms with van der Waals surface area (Å²) < 4.78 is 6.25. The summed E-state index contributed by atoms with van der Waals surface area (Å²) in [5, 5.41) is 12.2. The summed E-state index contributed by atoms with van der Waals surface area (Å²) in [7, 11) is 0. The Balaban J connectivity index is 1.24. The first-order valence-corrected chi connectivity index (χ1v) is 12.9. The third-order valence-corrected chi connectivity index (χ3v) is 7.39. The summed E-state index contributed by atoms with van der Waals surface area (Å²) >= 11 is 2.92. The van der Waals surface area contributed by atoms with Gasteiger partial charge in [0.2, 0.25) is 11.0 Å². The van der Waals surface area contributed by atoms with Gasteiger partial charge in [0.25, 0.3) is 0 Å². The fourth-order valence-electron chi connectivity index (χ4n) is 3.66. The smallest absolute Gasteiger partial charge is 0.235 e. The molecule has 7 nitrogen and oxygen atoms in total. The number of ether oxygens (including phenoxy) is 1. The summed E-state index contributed by atoms with van der Waals surface area (Å²) in [6, 6.07) is 18.2. The molecule has 0 unspecified atom stereocenters. The van der Waals surface area contributed by atoms with Crippen LogP contribution in [0.2, 0.25) is 0 Å². The van der Waals surface area contributed by atoms with Crippen molar-refractivity contribution in [3.63, 3.8) is 0 Å². The van der Waals surface area contributed by atoms with Crippen molar-refractivity contribution in [2.75, 3.05) is 38.1 Å². The molecule has 174 valence electrons. The van der Waals surface area contributed by atoms with Crippen molar-refractivity contribution >= 4 is 39.8 Å². The molecular formula is C24H29N5O2S2. The van der Waals surface area contributed by atoms with Crippen LogP contribution >= 0.6 is 23.1 Å². The van der Waals surface area contributed by atoms with Gasteiger partial charge in [-0.2, -0.15) is 0 Å². The molecule has 4 rings (SSSR count). The van der Waals surface area contributed by atoms with Gasteiger partial charge >= 0.3 is 0 Å². The predicted octanol–water partition coefficient (Wildman–Crippen LogP) is 4.51. The summed E-state index contributed by atoms with van der Waals surface area (Å²) in [4.78, 5) is 17.3. The number of nitrogens with one attached hydrogen (secondary N) is 1. The van der Waals surface area contributed by atoms with Gasteiger partial charge in [0.05, 0.1) is 11.9 Å². The second-order valence-corrected chi connectivity index (χ2v) is 10.4. The molecule has 3 aromatic rings. The van der Waals surface area contributed by atoms with Crippen LogP contribution in [0.4, 0.5) is 10.8 Å². The zero-order valence-electron chi connectivity index (χ0n) is 18.9. The van der Waals surface area contributed by atoms with Gasteiger partial charge in [-0.05, 0) is 43.7 Å². The van der Waals surface area contributed by atoms with Crippen LogP contribution in [0.1, 0.15) is 19.4 Å². The van der Waals surface area contributed by atoms with E-state index in [1.165, 1.54) is 28.7 Å². The quantitative estimate of drug-likeness (QED) is 0.449. The second kappa shape index (κ2) is 11.5. The molecular weight excluding hydrogens is 454 g/mol. The number of nitrogens with zero attached hydrogens (tertiary/aromatic N) is 4. The number of carbonyl (C=O) groups is 1. The van der Waals surface area contributed by atoms with E-state index in [1.807, 2.05) is 49.1 Å². The molecule has 1 amide bonds. The van der Waals surface area contributed by atoms with E-state index >= 15 is 0 Å². The van der Waals surface area contributed by atoms with Crippen molar-refractivity contribution in [1.82, 2.24) is 20.0 Å². The molecule has 0 spiro atoms. The molecule has 0 saturated carbocycles. The molecule has 1 fully saturated rings. The second-order valence-electron chi connectivity index (χ2n) is 7.80. The number of rotatable bonds is 9. The van der Waals surface area contributed by atoms with Gasteiger partial charge in [0.1, 0.15) is 5.75 Å². The first kappa shape index (κ1) is 23.5. The van der Waals surface area contributed by atoms with Gasteiger partial charge < -0.3 is 15.0 Å². The van der Waals surface area contributed by atoms with Crippen LogP contribution in [0, 0.1) is 0 Å². The van der Waals surface area contributed by atoms with E-state index in [-0.39, 0.29) is 11.2 Å². The minimum absolute atomic E-state index is 0.163. The lowest BCUT2D eigenvalue weighted by molar-refractivity contribution is -0.132. The Labute approximate surface area is 203 Å². The average Bonchev–Trinajstić information content (AvgIpc) is 3.28. The third-order valence-electron chi connectivity index (χ3n) is 5.38. The standard InChI is InChI=1S/C24H29N5O2S2/c1-3-31-21-11-9-20(10-12-21)25-23-26-27-24(33-23)32-18(2)22(30)29-15-13-28(14-16-29)17-19-7-5-4-6-8-19/h4-12,18H,3,13-17H2,1-2H3,(H,25,26)/t18-/m0/s1. The maximum atomic E-state index is 13.0. The minimum Gasteiger partial charge on any atom is -0.494 e. The number of hydrogen-bond acceptors (Lipinski definition) is 8. The number of hydrogen-bond donors (Lipinski definition) is 1. The maximum Gasteiger partial charge on any atom is 0.235 e. The highest BCUT2D eigenvalue weighted by atomic mass is 32.2. The number of anilines is 2. The molecule has 1 aliphatic heterocycles. The van der Waals surface area contributed by atoms with E-state index in [1.54, 1.807) is 0 Å². The highest BCUT2D eigenvalue weighted by Crippen LogP contribution is 2.31. The predicted molar refractivity (Wildman–Crippen MR) is 134 cm³/mol. The molecule has 0 aliphatic carbocycles. The van der Waals surface area contributed by atoms with E-state index in [2.05, 4.69) is 44.7 Å². The first-order chi connectivity index (χ1) is 16.1. The number of benzene rings is 2. The number of thioether (sulfide) groups is 1. The number of amides is 1. The fraction of sp³-hybridized carbons (Fsp3) is 0.375. The third kappa shape index (κ3) is 6.69. The molecule has 0 bridgehead atoms. The van der Waals surface area contributed by atoms with Crippen molar-refractivity contribution in [2.24, 2.45) is 0 Å². The molecule has 33 heavy (non-hydrogen) atoms. The summed E-state index contributed by atoms with van der Waals surface area (Å²) in [5.41, 5.74) is 2.23. The summed E-state index contributed by atoms with van der Waals surface area (Å²) in [5.74, 6) is 1.00. The van der Waals surface area contributed by atoms with E-state index in [9.17, 15) is 4.79 Å². The maximum absolute atomic E-state index is 13.0. The largest absolute Gasteiger partial charge is 0.494 e. The van der Waals surface area contributed by atoms with E-state index < -0.39 is 0 Å². The summed E-state index contributed by atoms with van der Waals surface area (Å²) in [6.07, 6.45) is 0. The molecule has 1 saturated heterocycles. The molecule has 9 heteroatoms. The Morgan fingerprint density at radius 3 is 2.52 bits per heavy atom. The Kier molecular flexibility index (Phi) is 8.20. The Bertz CT molecular complexity index is 1020. The Morgan fingerprint density at radius 2 is 1.82 bits per heavy atom. The van der Waals surface area contributed by atoms with Crippen LogP contribution in [0.3, 0.4) is 0 Å². The topological polar surface area (TPSA) is 70.6 Å². The van der Waals surface area contributed by atoms with Gasteiger partial charge in [-0.25, -0.2) is 0 Å². The van der Waals surface area contributed by atoms with Crippen molar-refractivity contribution in [2.45, 2.75) is 30.0 Å². The van der Waals surface area contributed by atoms with Crippen LogP contribution in [0.5, 0.6) is 5.75 Å². The molecule has 1 aliphatic rings. The van der Waals surface area contributed by atoms with Gasteiger partial charge in [-0.1, -0.05) is 53.4 Å². The van der Waals surface area contributed by atoms with Crippen LogP contribution in [-0.2, 0) is 11.3 Å². The number of piperazine rings is 1. The number of aromatic nitrogens is 2. The molecule has 2 aromatic carbocycles. The van der Waals surface area contributed by atoms with Crippen molar-refractivity contribution in [1.29, 1.82) is 0 Å². The highest BCUT2D eigenvalue weighted by Gasteiger charge is 2.26. The first-order valence-electron chi connectivity index (χ1n) is 11.2. The molecule has 1 atom stereocenters. The molecule has 2 heterocycles. The SMILES string of the molecule is CCOc1ccc(Nc2nnc(S[C@@H](C)C(=O)N3CCN(Cc4ccccc4)CC3)s2)cc1.